The fourth-order valence-electron chi connectivity index (χ4n) is 0.956. The second kappa shape index (κ2) is 9.48. The molecule has 0 bridgehead atoms. The van der Waals surface area contributed by atoms with Gasteiger partial charge in [-0.25, -0.2) is 0 Å². The lowest BCUT2D eigenvalue weighted by Gasteiger charge is -2.02. The maximum Gasteiger partial charge on any atom is 0.306 e. The second-order valence-corrected chi connectivity index (χ2v) is 2.86. The van der Waals surface area contributed by atoms with Crippen molar-refractivity contribution in [1.29, 1.82) is 0 Å². The van der Waals surface area contributed by atoms with Gasteiger partial charge in [0.1, 0.15) is 0 Å². The summed E-state index contributed by atoms with van der Waals surface area (Å²) < 4.78 is 4.48. The number of rotatable bonds is 8. The largest absolute Gasteiger partial charge is 0.469 e. The summed E-state index contributed by atoms with van der Waals surface area (Å²) in [4.78, 5) is 10.7. The molecule has 4 heteroatoms. The molecule has 0 fully saturated rings. The van der Waals surface area contributed by atoms with E-state index >= 15 is 0 Å². The van der Waals surface area contributed by atoms with Gasteiger partial charge in [0.05, 0.1) is 13.5 Å². The Bertz CT molecular complexity index is 128. The molecular formula is C9H19NO3. The van der Waals surface area contributed by atoms with Crippen molar-refractivity contribution in [3.63, 3.8) is 0 Å². The Labute approximate surface area is 79.3 Å². The minimum Gasteiger partial charge on any atom is -0.469 e. The quantitative estimate of drug-likeness (QED) is 0.426. The van der Waals surface area contributed by atoms with Gasteiger partial charge in [0.25, 0.3) is 0 Å². The zero-order chi connectivity index (χ0) is 9.94. The topological polar surface area (TPSA) is 58.6 Å². The highest BCUT2D eigenvalue weighted by atomic mass is 16.5. The normalized spacial score (nSPS) is 10.0. The van der Waals surface area contributed by atoms with Crippen molar-refractivity contribution in [2.75, 3.05) is 26.8 Å². The Morgan fingerprint density at radius 1 is 1.31 bits per heavy atom. The van der Waals surface area contributed by atoms with E-state index in [0.717, 1.165) is 25.8 Å². The summed E-state index contributed by atoms with van der Waals surface area (Å²) in [6, 6.07) is 0. The third-order valence-electron chi connectivity index (χ3n) is 1.75. The van der Waals surface area contributed by atoms with Gasteiger partial charge in [-0.05, 0) is 25.8 Å². The van der Waals surface area contributed by atoms with E-state index in [1.165, 1.54) is 7.11 Å². The zero-order valence-electron chi connectivity index (χ0n) is 8.21. The molecule has 0 amide bonds. The minimum atomic E-state index is -0.178. The van der Waals surface area contributed by atoms with Gasteiger partial charge in [-0.3, -0.25) is 4.79 Å². The molecule has 0 aliphatic rings. The molecule has 0 aromatic heterocycles. The van der Waals surface area contributed by atoms with E-state index < -0.39 is 0 Å². The molecule has 0 atom stereocenters. The molecular weight excluding hydrogens is 170 g/mol. The molecule has 0 aromatic carbocycles. The summed E-state index contributed by atoms with van der Waals surface area (Å²) in [6.07, 6.45) is 3.36. The first-order valence-corrected chi connectivity index (χ1v) is 4.69. The molecule has 0 unspecified atom stereocenters. The van der Waals surface area contributed by atoms with E-state index in [9.17, 15) is 4.79 Å². The molecule has 0 spiro atoms. The lowest BCUT2D eigenvalue weighted by molar-refractivity contribution is -0.140. The van der Waals surface area contributed by atoms with Crippen LogP contribution in [0.15, 0.2) is 0 Å². The van der Waals surface area contributed by atoms with Crippen LogP contribution in [0.2, 0.25) is 0 Å². The highest BCUT2D eigenvalue weighted by Crippen LogP contribution is 1.91. The average molecular weight is 189 g/mol. The number of esters is 1. The lowest BCUT2D eigenvalue weighted by Crippen LogP contribution is -2.19. The second-order valence-electron chi connectivity index (χ2n) is 2.86. The van der Waals surface area contributed by atoms with Gasteiger partial charge in [-0.15, -0.1) is 0 Å². The number of nitrogens with one attached hydrogen (secondary N) is 1. The van der Waals surface area contributed by atoms with Crippen LogP contribution < -0.4 is 5.32 Å². The fourth-order valence-corrected chi connectivity index (χ4v) is 0.956. The van der Waals surface area contributed by atoms with Gasteiger partial charge in [0, 0.05) is 13.2 Å². The summed E-state index contributed by atoms with van der Waals surface area (Å²) >= 11 is 0. The number of hydrogen-bond acceptors (Lipinski definition) is 4. The maximum atomic E-state index is 10.7. The Balaban J connectivity index is 2.95. The molecule has 2 N–H and O–H groups in total. The zero-order valence-corrected chi connectivity index (χ0v) is 8.21. The third kappa shape index (κ3) is 9.30. The van der Waals surface area contributed by atoms with Crippen LogP contribution >= 0.6 is 0 Å². The minimum absolute atomic E-state index is 0.178. The summed E-state index contributed by atoms with van der Waals surface area (Å²) in [5.41, 5.74) is 0. The number of hydrogen-bond donors (Lipinski definition) is 2. The van der Waals surface area contributed by atoms with Crippen molar-refractivity contribution in [2.24, 2.45) is 0 Å². The fraction of sp³-hybridized carbons (Fsp3) is 0.889. The summed E-state index contributed by atoms with van der Waals surface area (Å²) in [7, 11) is 1.39. The SMILES string of the molecule is COC(=O)CCNCCCCCO. The number of unbranched alkanes of at least 4 members (excludes halogenated alkanes) is 2. The van der Waals surface area contributed by atoms with E-state index in [2.05, 4.69) is 10.1 Å². The number of carbonyl (C=O) groups excluding carboxylic acids is 1. The number of methoxy groups -OCH3 is 1. The molecule has 78 valence electrons. The van der Waals surface area contributed by atoms with Crippen LogP contribution in [-0.2, 0) is 9.53 Å². The van der Waals surface area contributed by atoms with E-state index in [0.29, 0.717) is 13.0 Å². The van der Waals surface area contributed by atoms with Crippen LogP contribution in [0.25, 0.3) is 0 Å². The standard InChI is InChI=1S/C9H19NO3/c1-13-9(12)5-7-10-6-3-2-4-8-11/h10-11H,2-8H2,1H3. The van der Waals surface area contributed by atoms with Crippen LogP contribution in [0.5, 0.6) is 0 Å². The molecule has 13 heavy (non-hydrogen) atoms. The first-order valence-electron chi connectivity index (χ1n) is 4.69. The van der Waals surface area contributed by atoms with E-state index in [1.54, 1.807) is 0 Å². The summed E-state index contributed by atoms with van der Waals surface area (Å²) in [5.74, 6) is -0.178. The summed E-state index contributed by atoms with van der Waals surface area (Å²) in [6.45, 7) is 1.84. The molecule has 0 saturated heterocycles. The predicted molar refractivity (Wildman–Crippen MR) is 50.4 cm³/mol. The lowest BCUT2D eigenvalue weighted by atomic mass is 10.2. The molecule has 4 nitrogen and oxygen atoms in total. The van der Waals surface area contributed by atoms with Crippen molar-refractivity contribution in [2.45, 2.75) is 25.7 Å². The van der Waals surface area contributed by atoms with Crippen LogP contribution in [0.4, 0.5) is 0 Å². The molecule has 0 rings (SSSR count). The highest BCUT2D eigenvalue weighted by molar-refractivity contribution is 5.69. The summed E-state index contributed by atoms with van der Waals surface area (Å²) in [5, 5.41) is 11.6. The molecule has 0 heterocycles. The number of aliphatic hydroxyl groups is 1. The first kappa shape index (κ1) is 12.4. The highest BCUT2D eigenvalue weighted by Gasteiger charge is 1.97. The first-order chi connectivity index (χ1) is 6.31. The van der Waals surface area contributed by atoms with Gasteiger partial charge in [0.15, 0.2) is 0 Å². The van der Waals surface area contributed by atoms with Gasteiger partial charge in [-0.1, -0.05) is 0 Å². The van der Waals surface area contributed by atoms with Crippen molar-refractivity contribution in [3.8, 4) is 0 Å². The van der Waals surface area contributed by atoms with Gasteiger partial charge in [0.2, 0.25) is 0 Å². The molecule has 0 aliphatic carbocycles. The Kier molecular flexibility index (Phi) is 9.03. The number of ether oxygens (including phenoxy) is 1. The van der Waals surface area contributed by atoms with E-state index in [4.69, 9.17) is 5.11 Å². The number of carbonyl (C=O) groups is 1. The molecule has 0 saturated carbocycles. The van der Waals surface area contributed by atoms with Crippen molar-refractivity contribution in [1.82, 2.24) is 5.32 Å². The van der Waals surface area contributed by atoms with Crippen LogP contribution in [0.3, 0.4) is 0 Å². The molecule has 0 aromatic rings. The Hall–Kier alpha value is -0.610. The van der Waals surface area contributed by atoms with Crippen LogP contribution in [0, 0.1) is 0 Å². The van der Waals surface area contributed by atoms with Crippen molar-refractivity contribution >= 4 is 5.97 Å². The van der Waals surface area contributed by atoms with E-state index in [1.807, 2.05) is 0 Å². The average Bonchev–Trinajstić information content (AvgIpc) is 2.16. The predicted octanol–water partition coefficient (Wildman–Crippen LogP) is 0.302. The third-order valence-corrected chi connectivity index (χ3v) is 1.75. The monoisotopic (exact) mass is 189 g/mol. The number of aliphatic hydroxyl groups excluding tert-OH is 1. The van der Waals surface area contributed by atoms with Crippen LogP contribution in [0.1, 0.15) is 25.7 Å². The van der Waals surface area contributed by atoms with Crippen LogP contribution in [-0.4, -0.2) is 37.9 Å². The smallest absolute Gasteiger partial charge is 0.306 e. The molecule has 0 aliphatic heterocycles. The van der Waals surface area contributed by atoms with Gasteiger partial charge < -0.3 is 15.2 Å². The van der Waals surface area contributed by atoms with Gasteiger partial charge in [-0.2, -0.15) is 0 Å². The van der Waals surface area contributed by atoms with Gasteiger partial charge >= 0.3 is 5.97 Å². The van der Waals surface area contributed by atoms with E-state index in [-0.39, 0.29) is 12.6 Å². The van der Waals surface area contributed by atoms with Crippen molar-refractivity contribution < 1.29 is 14.6 Å². The molecule has 0 radical (unpaired) electrons. The maximum absolute atomic E-state index is 10.7. The van der Waals surface area contributed by atoms with Crippen molar-refractivity contribution in [3.05, 3.63) is 0 Å². The Morgan fingerprint density at radius 3 is 2.69 bits per heavy atom. The Morgan fingerprint density at radius 2 is 2.08 bits per heavy atom.